The molecule has 6 heteroatoms. The Hall–Kier alpha value is -2.76. The molecule has 2 bridgehead atoms. The van der Waals surface area contributed by atoms with E-state index < -0.39 is 0 Å². The average Bonchev–Trinajstić information content (AvgIpc) is 3.20. The van der Waals surface area contributed by atoms with E-state index in [1.807, 2.05) is 36.4 Å². The van der Waals surface area contributed by atoms with E-state index >= 15 is 0 Å². The molecule has 1 amide bonds. The van der Waals surface area contributed by atoms with Crippen LogP contribution in [-0.2, 0) is 11.3 Å². The van der Waals surface area contributed by atoms with E-state index in [1.165, 1.54) is 17.7 Å². The molecule has 0 N–H and O–H groups in total. The molecular formula is C21H21FN4O. The van der Waals surface area contributed by atoms with Gasteiger partial charge in [-0.2, -0.15) is 0 Å². The molecule has 138 valence electrons. The third-order valence-electron chi connectivity index (χ3n) is 6.07. The number of para-hydroxylation sites is 1. The first-order valence-electron chi connectivity index (χ1n) is 9.54. The lowest BCUT2D eigenvalue weighted by atomic mass is 9.85. The molecule has 27 heavy (non-hydrogen) atoms. The van der Waals surface area contributed by atoms with Crippen LogP contribution < -0.4 is 0 Å². The number of hydrogen-bond acceptors (Lipinski definition) is 3. The predicted octanol–water partition coefficient (Wildman–Crippen LogP) is 3.51. The highest BCUT2D eigenvalue weighted by Crippen LogP contribution is 2.43. The third kappa shape index (κ3) is 2.89. The molecule has 1 aromatic heterocycles. The van der Waals surface area contributed by atoms with E-state index in [0.717, 1.165) is 36.7 Å². The number of piperidine rings is 1. The molecule has 3 aromatic rings. The van der Waals surface area contributed by atoms with Crippen molar-refractivity contribution in [2.75, 3.05) is 0 Å². The van der Waals surface area contributed by atoms with Crippen molar-refractivity contribution in [3.63, 3.8) is 0 Å². The first-order valence-corrected chi connectivity index (χ1v) is 9.54. The van der Waals surface area contributed by atoms with Crippen LogP contribution in [0.25, 0.3) is 11.0 Å². The highest BCUT2D eigenvalue weighted by Gasteiger charge is 2.43. The van der Waals surface area contributed by atoms with Gasteiger partial charge in [-0.3, -0.25) is 4.79 Å². The van der Waals surface area contributed by atoms with Gasteiger partial charge in [-0.05, 0) is 61.4 Å². The van der Waals surface area contributed by atoms with Crippen LogP contribution in [-0.4, -0.2) is 37.9 Å². The van der Waals surface area contributed by atoms with Crippen LogP contribution in [0.15, 0.2) is 48.5 Å². The molecule has 5 rings (SSSR count). The van der Waals surface area contributed by atoms with E-state index in [2.05, 4.69) is 15.2 Å². The predicted molar refractivity (Wildman–Crippen MR) is 99.6 cm³/mol. The molecule has 0 radical (unpaired) electrons. The number of nitrogens with zero attached hydrogens (tertiary/aromatic N) is 4. The van der Waals surface area contributed by atoms with Gasteiger partial charge in [0.25, 0.3) is 0 Å². The Bertz CT molecular complexity index is 969. The largest absolute Gasteiger partial charge is 0.335 e. The van der Waals surface area contributed by atoms with E-state index in [1.54, 1.807) is 4.68 Å². The van der Waals surface area contributed by atoms with Gasteiger partial charge in [-0.25, -0.2) is 9.07 Å². The molecule has 5 nitrogen and oxygen atoms in total. The normalized spacial score (nSPS) is 24.5. The van der Waals surface area contributed by atoms with Gasteiger partial charge in [0.2, 0.25) is 5.91 Å². The topological polar surface area (TPSA) is 51.0 Å². The van der Waals surface area contributed by atoms with Crippen LogP contribution in [0, 0.1) is 5.82 Å². The van der Waals surface area contributed by atoms with Crippen LogP contribution in [0.5, 0.6) is 0 Å². The summed E-state index contributed by atoms with van der Waals surface area (Å²) in [6.45, 7) is 0.231. The summed E-state index contributed by atoms with van der Waals surface area (Å²) < 4.78 is 14.9. The molecule has 2 fully saturated rings. The summed E-state index contributed by atoms with van der Waals surface area (Å²) in [5.41, 5.74) is 2.88. The number of carbonyl (C=O) groups is 1. The Labute approximate surface area is 156 Å². The van der Waals surface area contributed by atoms with Crippen molar-refractivity contribution in [2.45, 2.75) is 50.2 Å². The van der Waals surface area contributed by atoms with Crippen molar-refractivity contribution >= 4 is 16.9 Å². The maximum atomic E-state index is 13.2. The van der Waals surface area contributed by atoms with E-state index in [9.17, 15) is 9.18 Å². The van der Waals surface area contributed by atoms with Gasteiger partial charge in [0.05, 0.1) is 5.52 Å². The number of hydrogen-bond donors (Lipinski definition) is 0. The highest BCUT2D eigenvalue weighted by molar-refractivity contribution is 5.80. The van der Waals surface area contributed by atoms with Gasteiger partial charge < -0.3 is 4.90 Å². The van der Waals surface area contributed by atoms with E-state index in [-0.39, 0.29) is 30.4 Å². The van der Waals surface area contributed by atoms with Gasteiger partial charge in [-0.15, -0.1) is 5.10 Å². The minimum absolute atomic E-state index is 0.121. The molecule has 0 saturated carbocycles. The lowest BCUT2D eigenvalue weighted by molar-refractivity contribution is -0.136. The number of benzene rings is 2. The summed E-state index contributed by atoms with van der Waals surface area (Å²) in [4.78, 5) is 15.1. The number of halogens is 1. The average molecular weight is 364 g/mol. The number of aromatic nitrogens is 3. The number of carbonyl (C=O) groups excluding carboxylic acids is 1. The molecule has 2 aliphatic heterocycles. The van der Waals surface area contributed by atoms with Crippen molar-refractivity contribution in [3.05, 3.63) is 59.9 Å². The van der Waals surface area contributed by atoms with Gasteiger partial charge in [0, 0.05) is 12.1 Å². The molecule has 2 saturated heterocycles. The Morgan fingerprint density at radius 1 is 1.04 bits per heavy atom. The number of rotatable bonds is 3. The first kappa shape index (κ1) is 16.4. The smallest absolute Gasteiger partial charge is 0.244 e. The van der Waals surface area contributed by atoms with Crippen molar-refractivity contribution in [1.29, 1.82) is 0 Å². The zero-order valence-corrected chi connectivity index (χ0v) is 15.0. The lowest BCUT2D eigenvalue weighted by Gasteiger charge is -2.39. The van der Waals surface area contributed by atoms with Crippen molar-refractivity contribution in [1.82, 2.24) is 19.9 Å². The van der Waals surface area contributed by atoms with Crippen LogP contribution in [0.4, 0.5) is 4.39 Å². The van der Waals surface area contributed by atoms with E-state index in [0.29, 0.717) is 5.92 Å². The second-order valence-corrected chi connectivity index (χ2v) is 7.64. The van der Waals surface area contributed by atoms with Gasteiger partial charge in [0.15, 0.2) is 0 Å². The maximum Gasteiger partial charge on any atom is 0.244 e. The minimum Gasteiger partial charge on any atom is -0.335 e. The molecule has 2 aliphatic rings. The third-order valence-corrected chi connectivity index (χ3v) is 6.07. The fraction of sp³-hybridized carbons (Fsp3) is 0.381. The second-order valence-electron chi connectivity index (χ2n) is 7.64. The molecule has 0 spiro atoms. The van der Waals surface area contributed by atoms with Crippen LogP contribution >= 0.6 is 0 Å². The number of fused-ring (bicyclic) bond motifs is 3. The Morgan fingerprint density at radius 2 is 1.74 bits per heavy atom. The van der Waals surface area contributed by atoms with Crippen molar-refractivity contribution in [3.8, 4) is 0 Å². The van der Waals surface area contributed by atoms with Crippen LogP contribution in [0.1, 0.15) is 37.2 Å². The van der Waals surface area contributed by atoms with Crippen LogP contribution in [0.3, 0.4) is 0 Å². The Kier molecular flexibility index (Phi) is 3.92. The fourth-order valence-corrected chi connectivity index (χ4v) is 4.84. The minimum atomic E-state index is -0.200. The quantitative estimate of drug-likeness (QED) is 0.715. The lowest BCUT2D eigenvalue weighted by Crippen LogP contribution is -2.47. The maximum absolute atomic E-state index is 13.2. The second kappa shape index (κ2) is 6.44. The van der Waals surface area contributed by atoms with Gasteiger partial charge in [-0.1, -0.05) is 29.5 Å². The molecule has 2 aromatic carbocycles. The summed E-state index contributed by atoms with van der Waals surface area (Å²) in [6.07, 6.45) is 4.00. The SMILES string of the molecule is O=C(Cn1nnc2ccccc21)N1[C@@H]2CC[C@@H]1CC(c1ccc(F)cc1)C2. The fourth-order valence-electron chi connectivity index (χ4n) is 4.84. The zero-order valence-electron chi connectivity index (χ0n) is 15.0. The van der Waals surface area contributed by atoms with Crippen LogP contribution in [0.2, 0.25) is 0 Å². The highest BCUT2D eigenvalue weighted by atomic mass is 19.1. The molecule has 2 atom stereocenters. The van der Waals surface area contributed by atoms with Crippen molar-refractivity contribution in [2.24, 2.45) is 0 Å². The zero-order chi connectivity index (χ0) is 18.4. The molecular weight excluding hydrogens is 343 g/mol. The molecule has 3 heterocycles. The number of amides is 1. The standard InChI is InChI=1S/C21H21FN4O/c22-16-7-5-14(6-8-16)15-11-17-9-10-18(12-15)26(17)21(27)13-25-20-4-2-1-3-19(20)23-24-25/h1-8,15,17-18H,9-13H2/t17-,18-/m1/s1. The molecule has 0 aliphatic carbocycles. The monoisotopic (exact) mass is 364 g/mol. The van der Waals surface area contributed by atoms with E-state index in [4.69, 9.17) is 0 Å². The summed E-state index contributed by atoms with van der Waals surface area (Å²) in [5, 5.41) is 8.30. The Morgan fingerprint density at radius 3 is 2.48 bits per heavy atom. The summed E-state index contributed by atoms with van der Waals surface area (Å²) in [5.74, 6) is 0.324. The first-order chi connectivity index (χ1) is 13.2. The van der Waals surface area contributed by atoms with Gasteiger partial charge >= 0.3 is 0 Å². The molecule has 0 unspecified atom stereocenters. The van der Waals surface area contributed by atoms with Crippen molar-refractivity contribution < 1.29 is 9.18 Å². The summed E-state index contributed by atoms with van der Waals surface area (Å²) >= 11 is 0. The Balaban J connectivity index is 1.33. The summed E-state index contributed by atoms with van der Waals surface area (Å²) in [6, 6.07) is 15.1. The van der Waals surface area contributed by atoms with Gasteiger partial charge in [0.1, 0.15) is 17.9 Å². The summed E-state index contributed by atoms with van der Waals surface area (Å²) in [7, 11) is 0.